The summed E-state index contributed by atoms with van der Waals surface area (Å²) in [5.74, 6) is 0.335. The molecule has 1 N–H and O–H groups in total. The number of benzene rings is 5. The van der Waals surface area contributed by atoms with Crippen LogP contribution in [-0.4, -0.2) is 42.9 Å². The topological polar surface area (TPSA) is 71.1 Å². The maximum atomic E-state index is 14.2. The van der Waals surface area contributed by atoms with Gasteiger partial charge in [-0.1, -0.05) is 103 Å². The van der Waals surface area contributed by atoms with Gasteiger partial charge in [-0.2, -0.15) is 0 Å². The van der Waals surface area contributed by atoms with Gasteiger partial charge in [0.2, 0.25) is 5.91 Å². The predicted molar refractivity (Wildman–Crippen MR) is 205 cm³/mol. The van der Waals surface area contributed by atoms with Crippen LogP contribution in [0.2, 0.25) is 0 Å². The van der Waals surface area contributed by atoms with Gasteiger partial charge in [0.05, 0.1) is 13.1 Å². The van der Waals surface area contributed by atoms with Gasteiger partial charge in [-0.05, 0) is 104 Å². The summed E-state index contributed by atoms with van der Waals surface area (Å²) < 4.78 is 14.0. The number of hydrogen-bond acceptors (Lipinski definition) is 7. The molecule has 5 aromatic rings. The monoisotopic (exact) mass is 699 g/mol. The van der Waals surface area contributed by atoms with E-state index in [0.29, 0.717) is 29.5 Å². The maximum Gasteiger partial charge on any atom is 0.342 e. The van der Waals surface area contributed by atoms with Crippen LogP contribution in [-0.2, 0) is 29.3 Å². The molecule has 0 aromatic heterocycles. The third kappa shape index (κ3) is 10.3. The summed E-state index contributed by atoms with van der Waals surface area (Å²) in [5, 5.41) is 3.44. The van der Waals surface area contributed by atoms with E-state index in [2.05, 4.69) is 60.8 Å². The zero-order valence-electron chi connectivity index (χ0n) is 29.3. The first-order valence-electron chi connectivity index (χ1n) is 17.5. The Kier molecular flexibility index (Phi) is 12.6. The molecule has 1 amide bonds. The van der Waals surface area contributed by atoms with Crippen molar-refractivity contribution >= 4 is 29.5 Å². The van der Waals surface area contributed by atoms with Crippen LogP contribution in [0.4, 0.5) is 5.69 Å². The largest absolute Gasteiger partial charge is 0.488 e. The molecule has 5 aromatic carbocycles. The van der Waals surface area contributed by atoms with Crippen molar-refractivity contribution in [2.24, 2.45) is 0 Å². The van der Waals surface area contributed by atoms with Gasteiger partial charge in [0.15, 0.2) is 0 Å². The number of nitrogens with one attached hydrogen (secondary N) is 1. The number of carbonyl (C=O) groups excluding carboxylic acids is 2. The Balaban J connectivity index is 1.27. The summed E-state index contributed by atoms with van der Waals surface area (Å²) in [7, 11) is 1.93. The van der Waals surface area contributed by atoms with Crippen LogP contribution in [0.3, 0.4) is 0 Å². The Labute approximate surface area is 305 Å². The number of carbonyl (C=O) groups is 2. The van der Waals surface area contributed by atoms with Crippen molar-refractivity contribution in [3.8, 4) is 5.75 Å². The van der Waals surface area contributed by atoms with E-state index in [4.69, 9.17) is 9.47 Å². The molecule has 0 spiro atoms. The van der Waals surface area contributed by atoms with Crippen molar-refractivity contribution in [3.05, 3.63) is 161 Å². The number of nitrogens with zero attached hydrogens (tertiary/aromatic N) is 2. The summed E-state index contributed by atoms with van der Waals surface area (Å²) >= 11 is 1.53. The summed E-state index contributed by atoms with van der Waals surface area (Å²) in [6.45, 7) is 5.07. The molecule has 262 valence electrons. The van der Waals surface area contributed by atoms with Crippen molar-refractivity contribution in [3.63, 3.8) is 0 Å². The fourth-order valence-corrected chi connectivity index (χ4v) is 6.94. The third-order valence-electron chi connectivity index (χ3n) is 9.02. The Morgan fingerprint density at radius 1 is 0.765 bits per heavy atom. The van der Waals surface area contributed by atoms with Crippen molar-refractivity contribution in [2.75, 3.05) is 31.6 Å². The highest BCUT2D eigenvalue weighted by Crippen LogP contribution is 2.31. The molecule has 8 heteroatoms. The molecule has 1 saturated heterocycles. The van der Waals surface area contributed by atoms with Crippen molar-refractivity contribution in [2.45, 2.75) is 50.3 Å². The standard InChI is InChI=1S/C43H45N3O4S/c1-32-13-20-39(21-14-32)51-45(2)29-42(47)46(28-33-15-17-36(18-16-33)37-23-25-44-26-24-37)38-19-22-40(43(48)50-31-35-11-7-4-8-12-35)41(27-38)49-30-34-9-5-3-6-10-34/h3-22,27,37,44H,23-26,28-31H2,1-2H3. The van der Waals surface area contributed by atoms with Crippen molar-refractivity contribution < 1.29 is 19.1 Å². The smallest absolute Gasteiger partial charge is 0.342 e. The summed E-state index contributed by atoms with van der Waals surface area (Å²) in [6, 6.07) is 41.6. The van der Waals surface area contributed by atoms with Crippen LogP contribution < -0.4 is 15.0 Å². The fraction of sp³-hybridized carbons (Fsp3) is 0.256. The van der Waals surface area contributed by atoms with Gasteiger partial charge in [0, 0.05) is 16.6 Å². The summed E-state index contributed by atoms with van der Waals surface area (Å²) in [6.07, 6.45) is 2.25. The van der Waals surface area contributed by atoms with Gasteiger partial charge in [-0.3, -0.25) is 4.79 Å². The van der Waals surface area contributed by atoms with Crippen LogP contribution in [0.15, 0.2) is 132 Å². The fourth-order valence-electron chi connectivity index (χ4n) is 6.15. The van der Waals surface area contributed by atoms with E-state index in [9.17, 15) is 9.59 Å². The van der Waals surface area contributed by atoms with Gasteiger partial charge in [-0.25, -0.2) is 9.10 Å². The molecule has 6 rings (SSSR count). The number of anilines is 1. The lowest BCUT2D eigenvalue weighted by Crippen LogP contribution is -2.37. The summed E-state index contributed by atoms with van der Waals surface area (Å²) in [4.78, 5) is 30.5. The second kappa shape index (κ2) is 17.9. The molecule has 0 unspecified atom stereocenters. The number of hydrogen-bond donors (Lipinski definition) is 1. The van der Waals surface area contributed by atoms with Crippen LogP contribution in [0, 0.1) is 6.92 Å². The lowest BCUT2D eigenvalue weighted by Gasteiger charge is -2.27. The Morgan fingerprint density at radius 3 is 2.08 bits per heavy atom. The average molecular weight is 700 g/mol. The highest BCUT2D eigenvalue weighted by Gasteiger charge is 2.23. The van der Waals surface area contributed by atoms with E-state index in [1.807, 2.05) is 78.1 Å². The first kappa shape index (κ1) is 35.9. The lowest BCUT2D eigenvalue weighted by atomic mass is 9.90. The van der Waals surface area contributed by atoms with E-state index in [-0.39, 0.29) is 25.7 Å². The minimum absolute atomic E-state index is 0.0760. The minimum Gasteiger partial charge on any atom is -0.488 e. The number of ether oxygens (including phenoxy) is 2. The van der Waals surface area contributed by atoms with E-state index in [0.717, 1.165) is 47.5 Å². The average Bonchev–Trinajstić information content (AvgIpc) is 3.17. The molecule has 1 aliphatic heterocycles. The normalized spacial score (nSPS) is 13.2. The molecule has 1 fully saturated rings. The molecular weight excluding hydrogens is 655 g/mol. The first-order valence-corrected chi connectivity index (χ1v) is 18.3. The van der Waals surface area contributed by atoms with Crippen molar-refractivity contribution in [1.29, 1.82) is 0 Å². The quantitative estimate of drug-likeness (QED) is 0.0920. The van der Waals surface area contributed by atoms with Crippen LogP contribution in [0.25, 0.3) is 0 Å². The van der Waals surface area contributed by atoms with E-state index in [1.165, 1.54) is 23.1 Å². The third-order valence-corrected chi connectivity index (χ3v) is 9.94. The molecule has 0 bridgehead atoms. The Bertz CT molecular complexity index is 1860. The molecule has 0 saturated carbocycles. The van der Waals surface area contributed by atoms with E-state index < -0.39 is 5.97 Å². The molecule has 1 heterocycles. The van der Waals surface area contributed by atoms with E-state index >= 15 is 0 Å². The predicted octanol–water partition coefficient (Wildman–Crippen LogP) is 8.57. The number of aryl methyl sites for hydroxylation is 1. The number of piperidine rings is 1. The molecule has 1 aliphatic rings. The maximum absolute atomic E-state index is 14.2. The van der Waals surface area contributed by atoms with Crippen LogP contribution in [0.5, 0.6) is 5.75 Å². The number of amides is 1. The van der Waals surface area contributed by atoms with Gasteiger partial charge in [0.1, 0.15) is 24.5 Å². The minimum atomic E-state index is -0.492. The Hall–Kier alpha value is -4.89. The zero-order valence-corrected chi connectivity index (χ0v) is 30.1. The molecule has 7 nitrogen and oxygen atoms in total. The Morgan fingerprint density at radius 2 is 1.41 bits per heavy atom. The highest BCUT2D eigenvalue weighted by atomic mass is 32.2. The number of likely N-dealkylation sites (N-methyl/N-ethyl adjacent to an activating group) is 1. The lowest BCUT2D eigenvalue weighted by molar-refractivity contribution is -0.118. The molecule has 51 heavy (non-hydrogen) atoms. The van der Waals surface area contributed by atoms with Gasteiger partial charge >= 0.3 is 5.97 Å². The molecule has 0 atom stereocenters. The summed E-state index contributed by atoms with van der Waals surface area (Å²) in [5.41, 5.74) is 6.34. The molecule has 0 aliphatic carbocycles. The SMILES string of the molecule is Cc1ccc(SN(C)CC(=O)N(Cc2ccc(C3CCNCC3)cc2)c2ccc(C(=O)OCc3ccccc3)c(OCc3ccccc3)c2)cc1. The van der Waals surface area contributed by atoms with E-state index in [1.54, 1.807) is 17.0 Å². The highest BCUT2D eigenvalue weighted by molar-refractivity contribution is 7.97. The van der Waals surface area contributed by atoms with Crippen LogP contribution >= 0.6 is 11.9 Å². The van der Waals surface area contributed by atoms with Crippen molar-refractivity contribution in [1.82, 2.24) is 9.62 Å². The van der Waals surface area contributed by atoms with Gasteiger partial charge < -0.3 is 19.7 Å². The molecular formula is C43H45N3O4S. The second-order valence-electron chi connectivity index (χ2n) is 13.0. The molecule has 0 radical (unpaired) electrons. The number of esters is 1. The van der Waals surface area contributed by atoms with Crippen LogP contribution in [0.1, 0.15) is 56.9 Å². The number of rotatable bonds is 14. The zero-order chi connectivity index (χ0) is 35.4. The first-order chi connectivity index (χ1) is 24.9. The second-order valence-corrected chi connectivity index (χ2v) is 14.2. The van der Waals surface area contributed by atoms with Gasteiger partial charge in [0.25, 0.3) is 0 Å². The van der Waals surface area contributed by atoms with Gasteiger partial charge in [-0.15, -0.1) is 0 Å².